The van der Waals surface area contributed by atoms with Crippen LogP contribution < -0.4 is 20.5 Å². The molecule has 0 atom stereocenters. The van der Waals surface area contributed by atoms with Crippen molar-refractivity contribution >= 4 is 29.9 Å². The van der Waals surface area contributed by atoms with Gasteiger partial charge < -0.3 is 25.0 Å². The fourth-order valence-electron chi connectivity index (χ4n) is 2.01. The van der Waals surface area contributed by atoms with Gasteiger partial charge in [0.15, 0.2) is 23.3 Å². The number of halogens is 1. The molecular weight excluding hydrogens is 449 g/mol. The molecule has 0 aliphatic rings. The van der Waals surface area contributed by atoms with Crippen molar-refractivity contribution < 1.29 is 14.0 Å². The number of ether oxygens (including phenoxy) is 2. The van der Waals surface area contributed by atoms with Crippen LogP contribution >= 0.6 is 24.0 Å². The highest BCUT2D eigenvalue weighted by molar-refractivity contribution is 14.0. The van der Waals surface area contributed by atoms with E-state index < -0.39 is 0 Å². The van der Waals surface area contributed by atoms with Crippen LogP contribution in [-0.2, 0) is 18.5 Å². The molecule has 144 valence electrons. The van der Waals surface area contributed by atoms with E-state index in [1.54, 1.807) is 14.2 Å². The Balaban J connectivity index is 0.00000338. The van der Waals surface area contributed by atoms with Gasteiger partial charge in [-0.1, -0.05) is 32.0 Å². The number of aliphatic imine (C=N–C) groups is 1. The van der Waals surface area contributed by atoms with Gasteiger partial charge in [-0.15, -0.1) is 24.0 Å². The van der Waals surface area contributed by atoms with Crippen LogP contribution in [0, 0.1) is 0 Å². The molecule has 0 aliphatic heterocycles. The zero-order valence-electron chi connectivity index (χ0n) is 15.7. The summed E-state index contributed by atoms with van der Waals surface area (Å²) >= 11 is 0. The highest BCUT2D eigenvalue weighted by Crippen LogP contribution is 2.27. The fourth-order valence-corrected chi connectivity index (χ4v) is 2.01. The van der Waals surface area contributed by atoms with Gasteiger partial charge in [-0.3, -0.25) is 0 Å². The Morgan fingerprint density at radius 3 is 2.50 bits per heavy atom. The highest BCUT2D eigenvalue weighted by Gasteiger charge is 2.21. The monoisotopic (exact) mass is 475 g/mol. The summed E-state index contributed by atoms with van der Waals surface area (Å²) in [4.78, 5) is 8.63. The van der Waals surface area contributed by atoms with Crippen LogP contribution in [0.1, 0.15) is 38.0 Å². The van der Waals surface area contributed by atoms with E-state index in [1.165, 1.54) is 0 Å². The average Bonchev–Trinajstić information content (AvgIpc) is 3.07. The van der Waals surface area contributed by atoms with Crippen molar-refractivity contribution in [3.05, 3.63) is 35.5 Å². The first-order valence-corrected chi connectivity index (χ1v) is 7.91. The van der Waals surface area contributed by atoms with Gasteiger partial charge in [-0.25, -0.2) is 4.99 Å². The molecule has 1 aromatic carbocycles. The van der Waals surface area contributed by atoms with E-state index in [0.717, 1.165) is 5.56 Å². The van der Waals surface area contributed by atoms with Crippen LogP contribution in [-0.4, -0.2) is 30.3 Å². The van der Waals surface area contributed by atoms with E-state index >= 15 is 0 Å². The van der Waals surface area contributed by atoms with Gasteiger partial charge in [0.1, 0.15) is 0 Å². The Labute approximate surface area is 170 Å². The minimum absolute atomic E-state index is 0. The lowest BCUT2D eigenvalue weighted by molar-refractivity contribution is 0.318. The van der Waals surface area contributed by atoms with Gasteiger partial charge in [-0.05, 0) is 17.7 Å². The molecular formula is C17H26IN5O3. The summed E-state index contributed by atoms with van der Waals surface area (Å²) in [6.07, 6.45) is 0. The summed E-state index contributed by atoms with van der Waals surface area (Å²) in [6.45, 7) is 6.80. The number of guanidine groups is 1. The van der Waals surface area contributed by atoms with Crippen molar-refractivity contribution in [2.45, 2.75) is 39.3 Å². The third kappa shape index (κ3) is 6.04. The molecule has 2 aromatic rings. The van der Waals surface area contributed by atoms with Gasteiger partial charge in [0.05, 0.1) is 27.3 Å². The molecule has 1 aromatic heterocycles. The molecule has 0 saturated heterocycles. The van der Waals surface area contributed by atoms with Crippen LogP contribution in [0.3, 0.4) is 0 Å². The molecule has 1 heterocycles. The summed E-state index contributed by atoms with van der Waals surface area (Å²) in [5, 5.41) is 6.90. The second kappa shape index (κ2) is 9.60. The van der Waals surface area contributed by atoms with Gasteiger partial charge in [0, 0.05) is 5.41 Å². The van der Waals surface area contributed by atoms with Crippen LogP contribution in [0.4, 0.5) is 0 Å². The first kappa shape index (κ1) is 22.0. The van der Waals surface area contributed by atoms with Crippen molar-refractivity contribution in [3.63, 3.8) is 0 Å². The van der Waals surface area contributed by atoms with Crippen LogP contribution in [0.5, 0.6) is 11.5 Å². The van der Waals surface area contributed by atoms with E-state index in [-0.39, 0.29) is 29.4 Å². The molecule has 0 fully saturated rings. The third-order valence-corrected chi connectivity index (χ3v) is 3.42. The number of nitrogens with two attached hydrogens (primary N) is 1. The first-order chi connectivity index (χ1) is 11.8. The first-order valence-electron chi connectivity index (χ1n) is 7.91. The lowest BCUT2D eigenvalue weighted by atomic mass is 9.97. The summed E-state index contributed by atoms with van der Waals surface area (Å²) in [5.74, 6) is 2.76. The number of nitrogens with zero attached hydrogens (tertiary/aromatic N) is 3. The predicted molar refractivity (Wildman–Crippen MR) is 110 cm³/mol. The molecule has 0 aliphatic carbocycles. The Morgan fingerprint density at radius 2 is 1.92 bits per heavy atom. The Bertz CT molecular complexity index is 740. The van der Waals surface area contributed by atoms with Crippen LogP contribution in [0.2, 0.25) is 0 Å². The van der Waals surface area contributed by atoms with Gasteiger partial charge >= 0.3 is 0 Å². The van der Waals surface area contributed by atoms with Crippen molar-refractivity contribution in [3.8, 4) is 11.5 Å². The van der Waals surface area contributed by atoms with Crippen molar-refractivity contribution in [2.24, 2.45) is 10.7 Å². The van der Waals surface area contributed by atoms with Gasteiger partial charge in [-0.2, -0.15) is 4.98 Å². The molecule has 2 rings (SSSR count). The SMILES string of the molecule is COc1ccc(CN=C(N)NCc2noc(C(C)(C)C)n2)cc1OC.I. The maximum atomic E-state index is 5.89. The minimum atomic E-state index is -0.182. The number of methoxy groups -OCH3 is 2. The summed E-state index contributed by atoms with van der Waals surface area (Å²) in [5.41, 5.74) is 6.66. The topological polar surface area (TPSA) is 108 Å². The fraction of sp³-hybridized carbons (Fsp3) is 0.471. The van der Waals surface area contributed by atoms with Crippen LogP contribution in [0.25, 0.3) is 0 Å². The second-order valence-corrected chi connectivity index (χ2v) is 6.51. The summed E-state index contributed by atoms with van der Waals surface area (Å²) in [7, 11) is 3.19. The average molecular weight is 475 g/mol. The maximum absolute atomic E-state index is 5.89. The Kier molecular flexibility index (Phi) is 8.12. The van der Waals surface area contributed by atoms with Gasteiger partial charge in [0.2, 0.25) is 5.89 Å². The zero-order chi connectivity index (χ0) is 18.4. The third-order valence-electron chi connectivity index (χ3n) is 3.42. The van der Waals surface area contributed by atoms with Crippen molar-refractivity contribution in [2.75, 3.05) is 14.2 Å². The number of nitrogens with one attached hydrogen (secondary N) is 1. The second-order valence-electron chi connectivity index (χ2n) is 6.51. The van der Waals surface area contributed by atoms with Crippen molar-refractivity contribution in [1.82, 2.24) is 15.5 Å². The summed E-state index contributed by atoms with van der Waals surface area (Å²) in [6, 6.07) is 5.61. The Morgan fingerprint density at radius 1 is 1.23 bits per heavy atom. The largest absolute Gasteiger partial charge is 0.493 e. The van der Waals surface area contributed by atoms with E-state index in [4.69, 9.17) is 19.7 Å². The van der Waals surface area contributed by atoms with E-state index in [1.807, 2.05) is 39.0 Å². The predicted octanol–water partition coefficient (Wildman–Crippen LogP) is 2.61. The smallest absolute Gasteiger partial charge is 0.232 e. The highest BCUT2D eigenvalue weighted by atomic mass is 127. The maximum Gasteiger partial charge on any atom is 0.232 e. The number of aromatic nitrogens is 2. The molecule has 3 N–H and O–H groups in total. The minimum Gasteiger partial charge on any atom is -0.493 e. The molecule has 0 spiro atoms. The number of hydrogen-bond acceptors (Lipinski definition) is 6. The van der Waals surface area contributed by atoms with E-state index in [0.29, 0.717) is 42.3 Å². The van der Waals surface area contributed by atoms with E-state index in [2.05, 4.69) is 20.4 Å². The normalized spacial score (nSPS) is 11.7. The lowest BCUT2D eigenvalue weighted by Gasteiger charge is -2.10. The number of benzene rings is 1. The standard InChI is InChI=1S/C17H25N5O3.HI/c1-17(2,3)15-21-14(22-25-15)10-20-16(18)19-9-11-6-7-12(23-4)13(8-11)24-5;/h6-8H,9-10H2,1-5H3,(H3,18,19,20);1H. The van der Waals surface area contributed by atoms with Crippen molar-refractivity contribution in [1.29, 1.82) is 0 Å². The number of rotatable bonds is 6. The Hall–Kier alpha value is -2.04. The molecule has 8 nitrogen and oxygen atoms in total. The molecule has 0 bridgehead atoms. The summed E-state index contributed by atoms with van der Waals surface area (Å²) < 4.78 is 15.7. The van der Waals surface area contributed by atoms with Crippen LogP contribution in [0.15, 0.2) is 27.7 Å². The molecule has 26 heavy (non-hydrogen) atoms. The zero-order valence-corrected chi connectivity index (χ0v) is 18.0. The molecule has 0 amide bonds. The quantitative estimate of drug-likeness (QED) is 0.376. The molecule has 0 radical (unpaired) electrons. The van der Waals surface area contributed by atoms with E-state index in [9.17, 15) is 0 Å². The molecule has 9 heteroatoms. The molecule has 0 saturated carbocycles. The van der Waals surface area contributed by atoms with Gasteiger partial charge in [0.25, 0.3) is 0 Å². The molecule has 0 unspecified atom stereocenters. The lowest BCUT2D eigenvalue weighted by Crippen LogP contribution is -2.31. The number of hydrogen-bond donors (Lipinski definition) is 2.